The summed E-state index contributed by atoms with van der Waals surface area (Å²) in [4.78, 5) is 0. The van der Waals surface area contributed by atoms with Crippen LogP contribution in [0, 0.1) is 0 Å². The first-order valence-corrected chi connectivity index (χ1v) is 7.25. The van der Waals surface area contributed by atoms with Gasteiger partial charge in [0.15, 0.2) is 0 Å². The van der Waals surface area contributed by atoms with Crippen molar-refractivity contribution in [1.29, 1.82) is 0 Å². The van der Waals surface area contributed by atoms with Gasteiger partial charge >= 0.3 is 0 Å². The minimum absolute atomic E-state index is 0.280. The lowest BCUT2D eigenvalue weighted by Crippen LogP contribution is -2.26. The maximum atomic E-state index is 13.0. The molecule has 94 valence electrons. The Labute approximate surface area is 117 Å². The Hall–Kier alpha value is -0.130. The number of nitrogen functional groups attached to an aromatic ring is 1. The molecule has 0 spiro atoms. The first-order chi connectivity index (χ1) is 8.06. The van der Waals surface area contributed by atoms with E-state index in [0.717, 1.165) is 26.6 Å². The number of nitrogens with one attached hydrogen (secondary N) is 1. The number of halogens is 3. The van der Waals surface area contributed by atoms with Crippen molar-refractivity contribution >= 4 is 37.5 Å². The van der Waals surface area contributed by atoms with Crippen LogP contribution in [0.1, 0.15) is 24.8 Å². The monoisotopic (exact) mass is 364 g/mol. The molecule has 5 heteroatoms. The van der Waals surface area contributed by atoms with Crippen molar-refractivity contribution in [3.05, 3.63) is 26.6 Å². The van der Waals surface area contributed by atoms with E-state index in [1.54, 1.807) is 0 Å². The minimum atomic E-state index is -0.640. The van der Waals surface area contributed by atoms with Crippen LogP contribution in [0.3, 0.4) is 0 Å². The van der Waals surface area contributed by atoms with Crippen molar-refractivity contribution in [3.63, 3.8) is 0 Å². The largest absolute Gasteiger partial charge is 0.398 e. The van der Waals surface area contributed by atoms with Crippen LogP contribution in [0.2, 0.25) is 0 Å². The Balaban J connectivity index is 1.99. The Kier molecular flexibility index (Phi) is 4.44. The number of rotatable bonds is 3. The molecule has 1 fully saturated rings. The molecule has 0 unspecified atom stereocenters. The predicted octanol–water partition coefficient (Wildman–Crippen LogP) is 3.77. The summed E-state index contributed by atoms with van der Waals surface area (Å²) in [5.74, 6) is 0. The first-order valence-electron chi connectivity index (χ1n) is 5.67. The summed E-state index contributed by atoms with van der Waals surface area (Å²) in [7, 11) is 0. The molecule has 1 aliphatic rings. The molecule has 1 aromatic carbocycles. The molecule has 3 N–H and O–H groups in total. The van der Waals surface area contributed by atoms with E-state index in [4.69, 9.17) is 5.73 Å². The summed E-state index contributed by atoms with van der Waals surface area (Å²) in [6.45, 7) is 0.682. The van der Waals surface area contributed by atoms with Crippen molar-refractivity contribution in [2.75, 3.05) is 5.73 Å². The lowest BCUT2D eigenvalue weighted by atomic mass is 10.1. The highest BCUT2D eigenvalue weighted by molar-refractivity contribution is 9.11. The quantitative estimate of drug-likeness (QED) is 0.800. The second-order valence-corrected chi connectivity index (χ2v) is 6.22. The molecular weight excluding hydrogens is 351 g/mol. The molecular formula is C12H15Br2FN2. The fraction of sp³-hybridized carbons (Fsp3) is 0.500. The van der Waals surface area contributed by atoms with Gasteiger partial charge in [-0.05, 0) is 52.9 Å². The summed E-state index contributed by atoms with van der Waals surface area (Å²) in [5.41, 5.74) is 7.76. The van der Waals surface area contributed by atoms with Gasteiger partial charge in [-0.2, -0.15) is 0 Å². The summed E-state index contributed by atoms with van der Waals surface area (Å²) in [6, 6.07) is 4.20. The zero-order chi connectivity index (χ0) is 12.4. The summed E-state index contributed by atoms with van der Waals surface area (Å²) < 4.78 is 14.9. The van der Waals surface area contributed by atoms with Crippen LogP contribution in [-0.2, 0) is 6.54 Å². The molecule has 0 radical (unpaired) electrons. The van der Waals surface area contributed by atoms with Gasteiger partial charge in [0.05, 0.1) is 5.69 Å². The van der Waals surface area contributed by atoms with Gasteiger partial charge in [-0.3, -0.25) is 0 Å². The van der Waals surface area contributed by atoms with Crippen LogP contribution in [-0.4, -0.2) is 12.2 Å². The number of alkyl halides is 1. The zero-order valence-corrected chi connectivity index (χ0v) is 12.5. The van der Waals surface area contributed by atoms with Crippen LogP contribution in [0.4, 0.5) is 10.1 Å². The number of anilines is 1. The molecule has 1 saturated carbocycles. The lowest BCUT2D eigenvalue weighted by Gasteiger charge is -2.14. The maximum absolute atomic E-state index is 13.0. The predicted molar refractivity (Wildman–Crippen MR) is 75.6 cm³/mol. The number of nitrogens with two attached hydrogens (primary N) is 1. The van der Waals surface area contributed by atoms with Gasteiger partial charge in [-0.25, -0.2) is 4.39 Å². The van der Waals surface area contributed by atoms with Crippen LogP contribution in [0.5, 0.6) is 0 Å². The lowest BCUT2D eigenvalue weighted by molar-refractivity contribution is 0.333. The van der Waals surface area contributed by atoms with Crippen LogP contribution in [0.15, 0.2) is 21.1 Å². The van der Waals surface area contributed by atoms with Gasteiger partial charge in [-0.15, -0.1) is 0 Å². The van der Waals surface area contributed by atoms with E-state index in [2.05, 4.69) is 37.2 Å². The first kappa shape index (κ1) is 13.3. The Morgan fingerprint density at radius 3 is 2.76 bits per heavy atom. The van der Waals surface area contributed by atoms with E-state index >= 15 is 0 Å². The van der Waals surface area contributed by atoms with Crippen molar-refractivity contribution in [2.24, 2.45) is 0 Å². The topological polar surface area (TPSA) is 38.0 Å². The van der Waals surface area contributed by atoms with E-state index in [-0.39, 0.29) is 6.04 Å². The van der Waals surface area contributed by atoms with Crippen molar-refractivity contribution in [1.82, 2.24) is 5.32 Å². The molecule has 2 nitrogen and oxygen atoms in total. The Bertz CT molecular complexity index is 412. The van der Waals surface area contributed by atoms with Crippen LogP contribution >= 0.6 is 31.9 Å². The average Bonchev–Trinajstić information content (AvgIpc) is 2.67. The second-order valence-electron chi connectivity index (χ2n) is 4.45. The van der Waals surface area contributed by atoms with E-state index in [1.165, 1.54) is 0 Å². The normalized spacial score (nSPS) is 24.2. The highest BCUT2D eigenvalue weighted by atomic mass is 79.9. The molecule has 17 heavy (non-hydrogen) atoms. The fourth-order valence-electron chi connectivity index (χ4n) is 2.15. The van der Waals surface area contributed by atoms with Gasteiger partial charge in [0.1, 0.15) is 6.17 Å². The Morgan fingerprint density at radius 2 is 2.12 bits per heavy atom. The smallest absolute Gasteiger partial charge is 0.102 e. The molecule has 2 atom stereocenters. The number of hydrogen-bond acceptors (Lipinski definition) is 2. The highest BCUT2D eigenvalue weighted by Gasteiger charge is 2.23. The molecule has 1 aromatic rings. The maximum Gasteiger partial charge on any atom is 0.102 e. The summed E-state index contributed by atoms with van der Waals surface area (Å²) in [6.07, 6.45) is 1.57. The number of benzene rings is 1. The molecule has 0 amide bonds. The van der Waals surface area contributed by atoms with E-state index in [1.807, 2.05) is 12.1 Å². The van der Waals surface area contributed by atoms with E-state index < -0.39 is 6.17 Å². The molecule has 0 saturated heterocycles. The zero-order valence-electron chi connectivity index (χ0n) is 9.35. The number of hydrogen-bond donors (Lipinski definition) is 2. The average molecular weight is 366 g/mol. The fourth-order valence-corrected chi connectivity index (χ4v) is 3.46. The Morgan fingerprint density at radius 1 is 1.35 bits per heavy atom. The van der Waals surface area contributed by atoms with E-state index in [9.17, 15) is 4.39 Å². The standard InChI is InChI=1S/C12H15Br2FN2/c13-8-3-7(12(16)11(14)4-8)6-17-10-2-1-9(15)5-10/h3-4,9-10,17H,1-2,5-6,16H2/t9-,10-/m1/s1. The van der Waals surface area contributed by atoms with Crippen molar-refractivity contribution in [3.8, 4) is 0 Å². The highest BCUT2D eigenvalue weighted by Crippen LogP contribution is 2.29. The summed E-state index contributed by atoms with van der Waals surface area (Å²) in [5, 5.41) is 3.36. The second kappa shape index (κ2) is 5.67. The molecule has 1 aliphatic carbocycles. The van der Waals surface area contributed by atoms with Gasteiger partial charge in [0, 0.05) is 21.5 Å². The summed E-state index contributed by atoms with van der Waals surface area (Å²) >= 11 is 6.85. The molecule has 0 bridgehead atoms. The van der Waals surface area contributed by atoms with Gasteiger partial charge < -0.3 is 11.1 Å². The van der Waals surface area contributed by atoms with Crippen LogP contribution < -0.4 is 11.1 Å². The third-order valence-electron chi connectivity index (χ3n) is 3.13. The third-order valence-corrected chi connectivity index (χ3v) is 4.24. The van der Waals surface area contributed by atoms with Gasteiger partial charge in [0.25, 0.3) is 0 Å². The molecule has 0 heterocycles. The van der Waals surface area contributed by atoms with Gasteiger partial charge in [0.2, 0.25) is 0 Å². The van der Waals surface area contributed by atoms with Crippen LogP contribution in [0.25, 0.3) is 0 Å². The van der Waals surface area contributed by atoms with Gasteiger partial charge in [-0.1, -0.05) is 15.9 Å². The minimum Gasteiger partial charge on any atom is -0.398 e. The SMILES string of the molecule is Nc1c(Br)cc(Br)cc1CN[C@@H]1CC[C@@H](F)C1. The van der Waals surface area contributed by atoms with E-state index in [0.29, 0.717) is 19.4 Å². The molecule has 0 aromatic heterocycles. The van der Waals surface area contributed by atoms with Crippen molar-refractivity contribution in [2.45, 2.75) is 38.0 Å². The molecule has 2 rings (SSSR count). The molecule has 0 aliphatic heterocycles. The van der Waals surface area contributed by atoms with Crippen molar-refractivity contribution < 1.29 is 4.39 Å². The third kappa shape index (κ3) is 3.42.